The van der Waals surface area contributed by atoms with E-state index in [0.29, 0.717) is 10.7 Å². The Labute approximate surface area is 128 Å². The molecule has 1 saturated heterocycles. The van der Waals surface area contributed by atoms with Gasteiger partial charge in [-0.2, -0.15) is 0 Å². The maximum absolute atomic E-state index is 12.2. The van der Waals surface area contributed by atoms with Gasteiger partial charge in [-0.25, -0.2) is 4.98 Å². The predicted molar refractivity (Wildman–Crippen MR) is 84.7 cm³/mol. The van der Waals surface area contributed by atoms with Crippen LogP contribution in [-0.2, 0) is 6.54 Å². The average Bonchev–Trinajstić information content (AvgIpc) is 3.01. The number of benzene rings is 1. The second-order valence-corrected chi connectivity index (χ2v) is 5.91. The molecule has 110 valence electrons. The van der Waals surface area contributed by atoms with Crippen molar-refractivity contribution in [1.29, 1.82) is 0 Å². The van der Waals surface area contributed by atoms with Gasteiger partial charge in [0.25, 0.3) is 5.91 Å². The Bertz CT molecular complexity index is 593. The number of piperazine rings is 1. The van der Waals surface area contributed by atoms with Crippen LogP contribution < -0.4 is 10.6 Å². The van der Waals surface area contributed by atoms with Gasteiger partial charge in [-0.05, 0) is 17.7 Å². The predicted octanol–water partition coefficient (Wildman–Crippen LogP) is 1.80. The van der Waals surface area contributed by atoms with Crippen LogP contribution in [-0.4, -0.2) is 42.0 Å². The largest absolute Gasteiger partial charge is 0.314 e. The number of aromatic nitrogens is 1. The van der Waals surface area contributed by atoms with Crippen molar-refractivity contribution in [3.05, 3.63) is 47.0 Å². The van der Waals surface area contributed by atoms with Crippen molar-refractivity contribution < 1.29 is 4.79 Å². The van der Waals surface area contributed by atoms with Crippen molar-refractivity contribution in [3.63, 3.8) is 0 Å². The molecule has 0 saturated carbocycles. The summed E-state index contributed by atoms with van der Waals surface area (Å²) in [5, 5.41) is 8.63. The Morgan fingerprint density at radius 2 is 2.24 bits per heavy atom. The Balaban J connectivity index is 1.66. The van der Waals surface area contributed by atoms with Crippen molar-refractivity contribution in [2.75, 3.05) is 31.5 Å². The zero-order valence-corrected chi connectivity index (χ0v) is 12.5. The molecule has 1 aromatic heterocycles. The molecule has 0 aliphatic carbocycles. The number of nitrogens with zero attached hydrogens (tertiary/aromatic N) is 2. The zero-order chi connectivity index (χ0) is 14.5. The number of carbonyl (C=O) groups is 1. The van der Waals surface area contributed by atoms with Gasteiger partial charge in [-0.1, -0.05) is 12.1 Å². The molecule has 2 aromatic rings. The SMILES string of the molecule is O=C(Nc1nccs1)c1cccc(CN2CCNCC2)c1. The minimum atomic E-state index is -0.105. The molecule has 5 nitrogen and oxygen atoms in total. The highest BCUT2D eigenvalue weighted by molar-refractivity contribution is 7.13. The highest BCUT2D eigenvalue weighted by Crippen LogP contribution is 2.14. The first-order chi connectivity index (χ1) is 10.3. The van der Waals surface area contributed by atoms with E-state index in [1.807, 2.05) is 23.6 Å². The van der Waals surface area contributed by atoms with Crippen molar-refractivity contribution in [2.45, 2.75) is 6.54 Å². The van der Waals surface area contributed by atoms with E-state index in [2.05, 4.69) is 26.6 Å². The number of rotatable bonds is 4. The Hall–Kier alpha value is -1.76. The number of hydrogen-bond donors (Lipinski definition) is 2. The van der Waals surface area contributed by atoms with Gasteiger partial charge in [0.05, 0.1) is 0 Å². The van der Waals surface area contributed by atoms with Gasteiger partial charge in [0.15, 0.2) is 5.13 Å². The van der Waals surface area contributed by atoms with Crippen LogP contribution in [0.25, 0.3) is 0 Å². The molecule has 2 N–H and O–H groups in total. The standard InChI is InChI=1S/C15H18N4OS/c20-14(18-15-17-6-9-21-15)13-3-1-2-12(10-13)11-19-7-4-16-5-8-19/h1-3,6,9-10,16H,4-5,7-8,11H2,(H,17,18,20). The molecule has 0 atom stereocenters. The number of anilines is 1. The van der Waals surface area contributed by atoms with E-state index in [9.17, 15) is 4.79 Å². The molecule has 0 spiro atoms. The minimum absolute atomic E-state index is 0.105. The average molecular weight is 302 g/mol. The minimum Gasteiger partial charge on any atom is -0.314 e. The summed E-state index contributed by atoms with van der Waals surface area (Å²) in [6.45, 7) is 5.06. The Morgan fingerprint density at radius 1 is 1.38 bits per heavy atom. The summed E-state index contributed by atoms with van der Waals surface area (Å²) < 4.78 is 0. The van der Waals surface area contributed by atoms with E-state index in [-0.39, 0.29) is 5.91 Å². The van der Waals surface area contributed by atoms with E-state index < -0.39 is 0 Å². The van der Waals surface area contributed by atoms with Crippen LogP contribution in [0.4, 0.5) is 5.13 Å². The molecule has 0 unspecified atom stereocenters. The molecule has 1 aliphatic rings. The summed E-state index contributed by atoms with van der Waals surface area (Å²) in [4.78, 5) is 18.7. The first kappa shape index (κ1) is 14.2. The Kier molecular flexibility index (Phi) is 4.59. The smallest absolute Gasteiger partial charge is 0.257 e. The molecule has 1 fully saturated rings. The maximum Gasteiger partial charge on any atom is 0.257 e. The lowest BCUT2D eigenvalue weighted by Gasteiger charge is -2.27. The number of hydrogen-bond acceptors (Lipinski definition) is 5. The molecule has 3 rings (SSSR count). The monoisotopic (exact) mass is 302 g/mol. The van der Waals surface area contributed by atoms with Gasteiger partial charge in [0.2, 0.25) is 0 Å². The zero-order valence-electron chi connectivity index (χ0n) is 11.7. The lowest BCUT2D eigenvalue weighted by Crippen LogP contribution is -2.42. The van der Waals surface area contributed by atoms with Crippen LogP contribution >= 0.6 is 11.3 Å². The topological polar surface area (TPSA) is 57.3 Å². The lowest BCUT2D eigenvalue weighted by molar-refractivity contribution is 0.102. The van der Waals surface area contributed by atoms with E-state index in [1.54, 1.807) is 6.20 Å². The van der Waals surface area contributed by atoms with Crippen molar-refractivity contribution in [1.82, 2.24) is 15.2 Å². The van der Waals surface area contributed by atoms with E-state index in [1.165, 1.54) is 16.9 Å². The van der Waals surface area contributed by atoms with Crippen molar-refractivity contribution in [2.24, 2.45) is 0 Å². The number of nitrogens with one attached hydrogen (secondary N) is 2. The molecular weight excluding hydrogens is 284 g/mol. The molecule has 1 aliphatic heterocycles. The van der Waals surface area contributed by atoms with Crippen LogP contribution in [0, 0.1) is 0 Å². The molecule has 1 amide bonds. The molecule has 2 heterocycles. The third-order valence-corrected chi connectivity index (χ3v) is 4.15. The van der Waals surface area contributed by atoms with Crippen LogP contribution in [0.5, 0.6) is 0 Å². The lowest BCUT2D eigenvalue weighted by atomic mass is 10.1. The quantitative estimate of drug-likeness (QED) is 0.904. The third kappa shape index (κ3) is 3.87. The molecule has 1 aromatic carbocycles. The molecule has 21 heavy (non-hydrogen) atoms. The summed E-state index contributed by atoms with van der Waals surface area (Å²) in [6, 6.07) is 7.81. The van der Waals surface area contributed by atoms with E-state index in [4.69, 9.17) is 0 Å². The van der Waals surface area contributed by atoms with Gasteiger partial charge in [-0.3, -0.25) is 15.0 Å². The first-order valence-corrected chi connectivity index (χ1v) is 7.92. The highest BCUT2D eigenvalue weighted by atomic mass is 32.1. The van der Waals surface area contributed by atoms with Crippen LogP contribution in [0.2, 0.25) is 0 Å². The Morgan fingerprint density at radius 3 is 3.00 bits per heavy atom. The van der Waals surface area contributed by atoms with Crippen molar-refractivity contribution >= 4 is 22.4 Å². The van der Waals surface area contributed by atoms with Crippen LogP contribution in [0.1, 0.15) is 15.9 Å². The number of amides is 1. The second-order valence-electron chi connectivity index (χ2n) is 5.02. The van der Waals surface area contributed by atoms with E-state index in [0.717, 1.165) is 32.7 Å². The fourth-order valence-electron chi connectivity index (χ4n) is 2.39. The third-order valence-electron chi connectivity index (χ3n) is 3.46. The van der Waals surface area contributed by atoms with Gasteiger partial charge in [0, 0.05) is 49.9 Å². The molecule has 6 heteroatoms. The van der Waals surface area contributed by atoms with Crippen LogP contribution in [0.15, 0.2) is 35.8 Å². The maximum atomic E-state index is 12.2. The fourth-order valence-corrected chi connectivity index (χ4v) is 2.92. The normalized spacial score (nSPS) is 15.8. The number of thiazole rings is 1. The second kappa shape index (κ2) is 6.80. The van der Waals surface area contributed by atoms with Gasteiger partial charge < -0.3 is 5.32 Å². The van der Waals surface area contributed by atoms with E-state index >= 15 is 0 Å². The van der Waals surface area contributed by atoms with Crippen molar-refractivity contribution in [3.8, 4) is 0 Å². The molecule has 0 radical (unpaired) electrons. The van der Waals surface area contributed by atoms with Gasteiger partial charge in [-0.15, -0.1) is 11.3 Å². The highest BCUT2D eigenvalue weighted by Gasteiger charge is 2.12. The van der Waals surface area contributed by atoms with Crippen LogP contribution in [0.3, 0.4) is 0 Å². The summed E-state index contributed by atoms with van der Waals surface area (Å²) >= 11 is 1.42. The summed E-state index contributed by atoms with van der Waals surface area (Å²) in [7, 11) is 0. The van der Waals surface area contributed by atoms with Gasteiger partial charge >= 0.3 is 0 Å². The molecular formula is C15H18N4OS. The summed E-state index contributed by atoms with van der Waals surface area (Å²) in [5.41, 5.74) is 1.85. The first-order valence-electron chi connectivity index (χ1n) is 7.04. The molecule has 0 bridgehead atoms. The summed E-state index contributed by atoms with van der Waals surface area (Å²) in [5.74, 6) is -0.105. The fraction of sp³-hybridized carbons (Fsp3) is 0.333. The summed E-state index contributed by atoms with van der Waals surface area (Å²) in [6.07, 6.45) is 1.68. The number of carbonyl (C=O) groups excluding carboxylic acids is 1. The van der Waals surface area contributed by atoms with Gasteiger partial charge in [0.1, 0.15) is 0 Å².